The van der Waals surface area contributed by atoms with E-state index in [9.17, 15) is 22.8 Å². The van der Waals surface area contributed by atoms with Crippen LogP contribution >= 0.6 is 0 Å². The van der Waals surface area contributed by atoms with Gasteiger partial charge in [-0.1, -0.05) is 19.1 Å². The molecule has 0 amide bonds. The number of carbonyl (C=O) groups excluding carboxylic acids is 1. The minimum absolute atomic E-state index is 0.0170. The number of hydrogen-bond acceptors (Lipinski definition) is 5. The number of nitrogens with zero attached hydrogens (tertiary/aromatic N) is 3. The lowest BCUT2D eigenvalue weighted by Gasteiger charge is -2.13. The van der Waals surface area contributed by atoms with Crippen LogP contribution in [0, 0.1) is 0 Å². The molecule has 9 heteroatoms. The molecule has 2 heterocycles. The molecule has 144 valence electrons. The minimum Gasteiger partial charge on any atom is -0.304 e. The molecule has 0 unspecified atom stereocenters. The largest absolute Gasteiger partial charge is 0.416 e. The van der Waals surface area contributed by atoms with E-state index in [1.54, 1.807) is 13.0 Å². The molecule has 0 saturated carbocycles. The van der Waals surface area contributed by atoms with E-state index in [-0.39, 0.29) is 29.7 Å². The first-order valence-electron chi connectivity index (χ1n) is 8.33. The number of rotatable bonds is 5. The van der Waals surface area contributed by atoms with E-state index in [2.05, 4.69) is 19.9 Å². The van der Waals surface area contributed by atoms with Crippen LogP contribution in [0.15, 0.2) is 53.6 Å². The Morgan fingerprint density at radius 1 is 1.14 bits per heavy atom. The summed E-state index contributed by atoms with van der Waals surface area (Å²) in [7, 11) is 0. The van der Waals surface area contributed by atoms with Gasteiger partial charge in [0, 0.05) is 24.9 Å². The number of Topliss-reactive ketones (excluding diaryl/α,β-unsaturated/α-hetero) is 1. The highest BCUT2D eigenvalue weighted by atomic mass is 19.4. The van der Waals surface area contributed by atoms with Gasteiger partial charge in [-0.25, -0.2) is 15.0 Å². The zero-order valence-corrected chi connectivity index (χ0v) is 14.7. The van der Waals surface area contributed by atoms with Gasteiger partial charge < -0.3 is 4.98 Å². The van der Waals surface area contributed by atoms with E-state index >= 15 is 0 Å². The maximum Gasteiger partial charge on any atom is 0.416 e. The van der Waals surface area contributed by atoms with E-state index in [1.165, 1.54) is 24.5 Å². The molecule has 0 aliphatic carbocycles. The molecule has 0 aliphatic rings. The summed E-state index contributed by atoms with van der Waals surface area (Å²) in [5, 5.41) is 0. The molecule has 1 N–H and O–H groups in total. The third-order valence-corrected chi connectivity index (χ3v) is 4.10. The van der Waals surface area contributed by atoms with Gasteiger partial charge in [-0.2, -0.15) is 13.2 Å². The number of hydrogen-bond donors (Lipinski definition) is 1. The van der Waals surface area contributed by atoms with Crippen molar-refractivity contribution in [1.29, 1.82) is 0 Å². The van der Waals surface area contributed by atoms with Gasteiger partial charge in [0.1, 0.15) is 5.69 Å². The molecule has 3 aromatic rings. The lowest BCUT2D eigenvalue weighted by atomic mass is 9.94. The van der Waals surface area contributed by atoms with Gasteiger partial charge >= 0.3 is 6.18 Å². The fourth-order valence-corrected chi connectivity index (χ4v) is 2.63. The molecule has 0 bridgehead atoms. The summed E-state index contributed by atoms with van der Waals surface area (Å²) in [4.78, 5) is 39.0. The Balaban J connectivity index is 1.79. The van der Waals surface area contributed by atoms with Gasteiger partial charge in [-0.15, -0.1) is 0 Å². The average Bonchev–Trinajstić information content (AvgIpc) is 2.67. The van der Waals surface area contributed by atoms with Gasteiger partial charge in [0.25, 0.3) is 5.56 Å². The maximum absolute atomic E-state index is 12.7. The number of benzene rings is 1. The lowest BCUT2D eigenvalue weighted by molar-refractivity contribution is -0.137. The molecule has 1 aromatic carbocycles. The van der Waals surface area contributed by atoms with E-state index in [4.69, 9.17) is 0 Å². The highest BCUT2D eigenvalue weighted by Crippen LogP contribution is 2.30. The average molecular weight is 388 g/mol. The Bertz CT molecular complexity index is 1030. The summed E-state index contributed by atoms with van der Waals surface area (Å²) in [6.45, 7) is 1.72. The second-order valence-corrected chi connectivity index (χ2v) is 6.20. The van der Waals surface area contributed by atoms with Crippen molar-refractivity contribution in [3.05, 3.63) is 76.0 Å². The van der Waals surface area contributed by atoms with Crippen molar-refractivity contribution in [3.8, 4) is 11.6 Å². The van der Waals surface area contributed by atoms with Crippen molar-refractivity contribution >= 4 is 5.78 Å². The van der Waals surface area contributed by atoms with Gasteiger partial charge in [0.05, 0.1) is 5.56 Å². The zero-order valence-electron chi connectivity index (χ0n) is 14.7. The van der Waals surface area contributed by atoms with Crippen LogP contribution in [-0.4, -0.2) is 25.7 Å². The quantitative estimate of drug-likeness (QED) is 0.675. The molecule has 0 saturated heterocycles. The lowest BCUT2D eigenvalue weighted by Crippen LogP contribution is -2.16. The first-order valence-corrected chi connectivity index (χ1v) is 8.33. The van der Waals surface area contributed by atoms with Crippen LogP contribution in [-0.2, 0) is 6.18 Å². The first kappa shape index (κ1) is 19.4. The number of nitrogens with one attached hydrogen (secondary N) is 1. The third kappa shape index (κ3) is 4.48. The Hall–Kier alpha value is -3.36. The second kappa shape index (κ2) is 7.71. The topological polar surface area (TPSA) is 88.6 Å². The minimum atomic E-state index is -4.41. The van der Waals surface area contributed by atoms with Gasteiger partial charge in [0.2, 0.25) is 0 Å². The number of carbonyl (C=O) groups is 1. The summed E-state index contributed by atoms with van der Waals surface area (Å²) >= 11 is 0. The molecule has 0 aliphatic heterocycles. The number of aromatic amines is 1. The SMILES string of the molecule is C[C@@H](CC(=O)c1cc(=O)[nH]c(-c2ncccn2)n1)c1ccc(C(F)(F)F)cc1. The Labute approximate surface area is 157 Å². The molecule has 2 aromatic heterocycles. The van der Waals surface area contributed by atoms with Crippen LogP contribution in [0.1, 0.15) is 40.9 Å². The second-order valence-electron chi connectivity index (χ2n) is 6.20. The standard InChI is InChI=1S/C19H15F3N4O2/c1-11(12-3-5-13(6-4-12)19(20,21)22)9-15(27)14-10-16(28)26-18(25-14)17-23-7-2-8-24-17/h2-8,10-11H,9H2,1H3,(H,25,26,28)/t11-/m0/s1. The van der Waals surface area contributed by atoms with Gasteiger partial charge in [-0.05, 0) is 29.7 Å². The van der Waals surface area contributed by atoms with Crippen molar-refractivity contribution in [1.82, 2.24) is 19.9 Å². The Morgan fingerprint density at radius 3 is 2.39 bits per heavy atom. The molecule has 0 spiro atoms. The van der Waals surface area contributed by atoms with Crippen molar-refractivity contribution in [2.24, 2.45) is 0 Å². The Kier molecular flexibility index (Phi) is 5.34. The highest BCUT2D eigenvalue weighted by Gasteiger charge is 2.30. The van der Waals surface area contributed by atoms with Crippen molar-refractivity contribution in [3.63, 3.8) is 0 Å². The Morgan fingerprint density at radius 2 is 1.79 bits per heavy atom. The number of aromatic nitrogens is 4. The van der Waals surface area contributed by atoms with Crippen LogP contribution in [0.5, 0.6) is 0 Å². The molecule has 6 nitrogen and oxygen atoms in total. The van der Waals surface area contributed by atoms with Crippen LogP contribution in [0.2, 0.25) is 0 Å². The molecular formula is C19H15F3N4O2. The number of ketones is 1. The summed E-state index contributed by atoms with van der Waals surface area (Å²) in [6.07, 6.45) is -1.48. The molecular weight excluding hydrogens is 373 g/mol. The van der Waals surface area contributed by atoms with Crippen molar-refractivity contribution in [2.75, 3.05) is 0 Å². The summed E-state index contributed by atoms with van der Waals surface area (Å²) < 4.78 is 38.0. The predicted molar refractivity (Wildman–Crippen MR) is 94.7 cm³/mol. The van der Waals surface area contributed by atoms with Crippen LogP contribution in [0.25, 0.3) is 11.6 Å². The zero-order chi connectivity index (χ0) is 20.3. The molecule has 0 radical (unpaired) electrons. The van der Waals surface area contributed by atoms with Crippen LogP contribution in [0.4, 0.5) is 13.2 Å². The molecule has 3 rings (SSSR count). The fourth-order valence-electron chi connectivity index (χ4n) is 2.63. The molecule has 0 fully saturated rings. The normalized spacial score (nSPS) is 12.6. The first-order chi connectivity index (χ1) is 13.2. The van der Waals surface area contributed by atoms with Crippen LogP contribution in [0.3, 0.4) is 0 Å². The third-order valence-electron chi connectivity index (χ3n) is 4.10. The molecule has 1 atom stereocenters. The summed E-state index contributed by atoms with van der Waals surface area (Å²) in [5.41, 5.74) is -0.746. The smallest absolute Gasteiger partial charge is 0.304 e. The summed E-state index contributed by atoms with van der Waals surface area (Å²) in [6, 6.07) is 7.32. The molecule has 28 heavy (non-hydrogen) atoms. The summed E-state index contributed by atoms with van der Waals surface area (Å²) in [5.74, 6) is -0.522. The maximum atomic E-state index is 12.7. The van der Waals surface area contributed by atoms with Crippen LogP contribution < -0.4 is 5.56 Å². The van der Waals surface area contributed by atoms with Gasteiger partial charge in [0.15, 0.2) is 17.4 Å². The van der Waals surface area contributed by atoms with E-state index < -0.39 is 23.1 Å². The number of alkyl halides is 3. The van der Waals surface area contributed by atoms with Crippen molar-refractivity contribution < 1.29 is 18.0 Å². The fraction of sp³-hybridized carbons (Fsp3) is 0.211. The monoisotopic (exact) mass is 388 g/mol. The predicted octanol–water partition coefficient (Wildman–Crippen LogP) is 3.62. The van der Waals surface area contributed by atoms with E-state index in [1.807, 2.05) is 0 Å². The van der Waals surface area contributed by atoms with Gasteiger partial charge in [-0.3, -0.25) is 9.59 Å². The van der Waals surface area contributed by atoms with Crippen molar-refractivity contribution in [2.45, 2.75) is 25.4 Å². The highest BCUT2D eigenvalue weighted by molar-refractivity contribution is 5.94. The number of halogens is 3. The van der Waals surface area contributed by atoms with E-state index in [0.717, 1.165) is 18.2 Å². The van der Waals surface area contributed by atoms with E-state index in [0.29, 0.717) is 5.56 Å². The number of H-pyrrole nitrogens is 1.